The van der Waals surface area contributed by atoms with Gasteiger partial charge in [0, 0.05) is 13.1 Å². The second-order valence-corrected chi connectivity index (χ2v) is 10.2. The Hall–Kier alpha value is -2.94. The fraction of sp³-hybridized carbons (Fsp3) is 0.417. The smallest absolute Gasteiger partial charge is 0.244 e. The zero-order valence-corrected chi connectivity index (χ0v) is 20.3. The molecule has 0 aliphatic carbocycles. The van der Waals surface area contributed by atoms with Gasteiger partial charge in [0.15, 0.2) is 0 Å². The highest BCUT2D eigenvalue weighted by Gasteiger charge is 2.31. The summed E-state index contributed by atoms with van der Waals surface area (Å²) in [5, 5.41) is 2.85. The van der Waals surface area contributed by atoms with Gasteiger partial charge in [-0.1, -0.05) is 51.1 Å². The number of nitrogens with one attached hydrogen (secondary N) is 1. The number of nitrogens with zero attached hydrogens (tertiary/aromatic N) is 2. The van der Waals surface area contributed by atoms with Crippen LogP contribution >= 0.6 is 0 Å². The maximum atomic E-state index is 13.5. The van der Waals surface area contributed by atoms with E-state index < -0.39 is 34.3 Å². The van der Waals surface area contributed by atoms with Crippen LogP contribution in [-0.4, -0.2) is 50.5 Å². The van der Waals surface area contributed by atoms with Crippen LogP contribution in [-0.2, 0) is 26.2 Å². The van der Waals surface area contributed by atoms with Gasteiger partial charge in [0.1, 0.15) is 18.4 Å². The van der Waals surface area contributed by atoms with Gasteiger partial charge in [-0.05, 0) is 42.2 Å². The van der Waals surface area contributed by atoms with E-state index in [0.29, 0.717) is 24.2 Å². The highest BCUT2D eigenvalue weighted by Crippen LogP contribution is 2.19. The van der Waals surface area contributed by atoms with Gasteiger partial charge in [0.25, 0.3) is 0 Å². The Morgan fingerprint density at radius 2 is 1.64 bits per heavy atom. The molecule has 33 heavy (non-hydrogen) atoms. The first-order chi connectivity index (χ1) is 15.5. The third-order valence-corrected chi connectivity index (χ3v) is 6.20. The summed E-state index contributed by atoms with van der Waals surface area (Å²) in [6, 6.07) is 13.2. The molecule has 2 aromatic carbocycles. The maximum Gasteiger partial charge on any atom is 0.244 e. The number of sulfonamides is 1. The van der Waals surface area contributed by atoms with Crippen LogP contribution in [0.25, 0.3) is 0 Å². The van der Waals surface area contributed by atoms with Crippen LogP contribution in [0.15, 0.2) is 54.6 Å². The lowest BCUT2D eigenvalue weighted by Crippen LogP contribution is -2.52. The van der Waals surface area contributed by atoms with Crippen LogP contribution in [0.4, 0.5) is 10.1 Å². The van der Waals surface area contributed by atoms with E-state index in [1.54, 1.807) is 49.4 Å². The monoisotopic (exact) mass is 477 g/mol. The van der Waals surface area contributed by atoms with Crippen molar-refractivity contribution in [2.24, 2.45) is 5.92 Å². The Bertz CT molecular complexity index is 1030. The number of carbonyl (C=O) groups is 2. The van der Waals surface area contributed by atoms with Crippen LogP contribution in [0.2, 0.25) is 0 Å². The van der Waals surface area contributed by atoms with E-state index >= 15 is 0 Å². The van der Waals surface area contributed by atoms with Crippen molar-refractivity contribution in [2.45, 2.75) is 39.8 Å². The SMILES string of the molecule is CC[C@H](C(=O)NCC(C)C)N(Cc1ccc(F)cc1)C(=O)CN(c1ccccc1)S(C)(=O)=O. The molecular formula is C24H32FN3O4S. The predicted octanol–water partition coefficient (Wildman–Crippen LogP) is 3.17. The summed E-state index contributed by atoms with van der Waals surface area (Å²) in [5.74, 6) is -1.02. The maximum absolute atomic E-state index is 13.5. The topological polar surface area (TPSA) is 86.8 Å². The van der Waals surface area contributed by atoms with Gasteiger partial charge in [-0.3, -0.25) is 13.9 Å². The molecule has 0 fully saturated rings. The Labute approximate surface area is 195 Å². The fourth-order valence-corrected chi connectivity index (χ4v) is 4.19. The molecule has 0 aliphatic heterocycles. The van der Waals surface area contributed by atoms with Gasteiger partial charge in [-0.2, -0.15) is 0 Å². The number of benzene rings is 2. The zero-order chi connectivity index (χ0) is 24.6. The largest absolute Gasteiger partial charge is 0.354 e. The number of amides is 2. The van der Waals surface area contributed by atoms with Crippen molar-refractivity contribution in [3.05, 3.63) is 66.0 Å². The van der Waals surface area contributed by atoms with E-state index in [1.807, 2.05) is 13.8 Å². The second-order valence-electron chi connectivity index (χ2n) is 8.32. The van der Waals surface area contributed by atoms with Crippen LogP contribution < -0.4 is 9.62 Å². The molecule has 1 N–H and O–H groups in total. The first-order valence-corrected chi connectivity index (χ1v) is 12.7. The molecule has 0 bridgehead atoms. The van der Waals surface area contributed by atoms with Crippen molar-refractivity contribution in [1.82, 2.24) is 10.2 Å². The molecule has 0 spiro atoms. The Kier molecular flexibility index (Phi) is 9.40. The molecule has 7 nitrogen and oxygen atoms in total. The molecule has 0 saturated carbocycles. The van der Waals surface area contributed by atoms with Gasteiger partial charge in [-0.15, -0.1) is 0 Å². The molecule has 0 aromatic heterocycles. The number of rotatable bonds is 11. The molecule has 1 atom stereocenters. The third kappa shape index (κ3) is 7.85. The normalized spacial score (nSPS) is 12.3. The predicted molar refractivity (Wildman–Crippen MR) is 128 cm³/mol. The van der Waals surface area contributed by atoms with E-state index in [4.69, 9.17) is 0 Å². The molecule has 0 heterocycles. The summed E-state index contributed by atoms with van der Waals surface area (Å²) in [4.78, 5) is 27.7. The van der Waals surface area contributed by atoms with E-state index in [1.165, 1.54) is 17.0 Å². The first kappa shape index (κ1) is 26.3. The molecule has 0 unspecified atom stereocenters. The van der Waals surface area contributed by atoms with Gasteiger partial charge in [0.05, 0.1) is 11.9 Å². The quantitative estimate of drug-likeness (QED) is 0.539. The van der Waals surface area contributed by atoms with Crippen molar-refractivity contribution in [1.29, 1.82) is 0 Å². The molecular weight excluding hydrogens is 445 g/mol. The Morgan fingerprint density at radius 1 is 1.03 bits per heavy atom. The van der Waals surface area contributed by atoms with Gasteiger partial charge in [0.2, 0.25) is 21.8 Å². The lowest BCUT2D eigenvalue weighted by atomic mass is 10.1. The molecule has 2 aromatic rings. The Morgan fingerprint density at radius 3 is 2.15 bits per heavy atom. The minimum absolute atomic E-state index is 0.0408. The lowest BCUT2D eigenvalue weighted by molar-refractivity contribution is -0.140. The number of anilines is 1. The Balaban J connectivity index is 2.38. The number of halogens is 1. The van der Waals surface area contributed by atoms with Crippen molar-refractivity contribution in [3.63, 3.8) is 0 Å². The second kappa shape index (κ2) is 11.8. The van der Waals surface area contributed by atoms with Crippen molar-refractivity contribution in [3.8, 4) is 0 Å². The summed E-state index contributed by atoms with van der Waals surface area (Å²) < 4.78 is 39.3. The number of para-hydroxylation sites is 1. The fourth-order valence-electron chi connectivity index (χ4n) is 3.34. The van der Waals surface area contributed by atoms with Gasteiger partial charge < -0.3 is 10.2 Å². The van der Waals surface area contributed by atoms with Crippen LogP contribution in [0.3, 0.4) is 0 Å². The van der Waals surface area contributed by atoms with Crippen LogP contribution in [0.1, 0.15) is 32.8 Å². The van der Waals surface area contributed by atoms with E-state index in [0.717, 1.165) is 10.6 Å². The highest BCUT2D eigenvalue weighted by molar-refractivity contribution is 7.92. The molecule has 180 valence electrons. The average Bonchev–Trinajstić information content (AvgIpc) is 2.76. The highest BCUT2D eigenvalue weighted by atomic mass is 32.2. The summed E-state index contributed by atoms with van der Waals surface area (Å²) >= 11 is 0. The summed E-state index contributed by atoms with van der Waals surface area (Å²) in [6.45, 7) is 5.75. The van der Waals surface area contributed by atoms with Crippen molar-refractivity contribution >= 4 is 27.5 Å². The van der Waals surface area contributed by atoms with Crippen LogP contribution in [0, 0.1) is 11.7 Å². The third-order valence-electron chi connectivity index (χ3n) is 5.06. The summed E-state index contributed by atoms with van der Waals surface area (Å²) in [5.41, 5.74) is 0.984. The van der Waals surface area contributed by atoms with Crippen molar-refractivity contribution < 1.29 is 22.4 Å². The van der Waals surface area contributed by atoms with Gasteiger partial charge >= 0.3 is 0 Å². The minimum atomic E-state index is -3.76. The van der Waals surface area contributed by atoms with Crippen LogP contribution in [0.5, 0.6) is 0 Å². The van der Waals surface area contributed by atoms with E-state index in [-0.39, 0.29) is 18.4 Å². The summed E-state index contributed by atoms with van der Waals surface area (Å²) in [7, 11) is -3.76. The molecule has 0 saturated heterocycles. The molecule has 2 amide bonds. The molecule has 0 radical (unpaired) electrons. The average molecular weight is 478 g/mol. The molecule has 2 rings (SSSR count). The minimum Gasteiger partial charge on any atom is -0.354 e. The van der Waals surface area contributed by atoms with E-state index in [2.05, 4.69) is 5.32 Å². The standard InChI is InChI=1S/C24H32FN3O4S/c1-5-22(24(30)26-15-18(2)3)27(16-19-11-13-20(25)14-12-19)23(29)17-28(33(4,31)32)21-9-7-6-8-10-21/h6-14,18,22H,5,15-17H2,1-4H3,(H,26,30)/t22-/m1/s1. The first-order valence-electron chi connectivity index (χ1n) is 10.9. The number of hydrogen-bond donors (Lipinski definition) is 1. The van der Waals surface area contributed by atoms with Gasteiger partial charge in [-0.25, -0.2) is 12.8 Å². The lowest BCUT2D eigenvalue weighted by Gasteiger charge is -2.33. The molecule has 9 heteroatoms. The zero-order valence-electron chi connectivity index (χ0n) is 19.5. The summed E-state index contributed by atoms with van der Waals surface area (Å²) in [6.07, 6.45) is 1.37. The van der Waals surface area contributed by atoms with Crippen molar-refractivity contribution in [2.75, 3.05) is 23.7 Å². The number of hydrogen-bond acceptors (Lipinski definition) is 4. The van der Waals surface area contributed by atoms with E-state index in [9.17, 15) is 22.4 Å². The number of carbonyl (C=O) groups excluding carboxylic acids is 2. The molecule has 0 aliphatic rings.